The molecule has 2 aromatic rings. The van der Waals surface area contributed by atoms with Gasteiger partial charge in [0.05, 0.1) is 23.9 Å². The molecule has 1 amide bonds. The number of carbonyl (C=O) groups is 1. The molecule has 5 nitrogen and oxygen atoms in total. The van der Waals surface area contributed by atoms with Crippen molar-refractivity contribution < 1.29 is 9.53 Å². The van der Waals surface area contributed by atoms with Gasteiger partial charge >= 0.3 is 0 Å². The van der Waals surface area contributed by atoms with E-state index in [-0.39, 0.29) is 11.9 Å². The van der Waals surface area contributed by atoms with Crippen LogP contribution in [0.1, 0.15) is 45.3 Å². The van der Waals surface area contributed by atoms with Crippen LogP contribution >= 0.6 is 11.3 Å². The van der Waals surface area contributed by atoms with Crippen LogP contribution in [0.2, 0.25) is 0 Å². The highest BCUT2D eigenvalue weighted by molar-refractivity contribution is 7.13. The number of carbonyl (C=O) groups excluding carboxylic acids is 1. The SMILES string of the molecule is CCCc1nc(C)c(C(=O)N2CCNCC2c2ccccc2OC)s1. The summed E-state index contributed by atoms with van der Waals surface area (Å²) in [5, 5.41) is 4.45. The van der Waals surface area contributed by atoms with Crippen LogP contribution in [-0.4, -0.2) is 42.5 Å². The van der Waals surface area contributed by atoms with Gasteiger partial charge in [-0.1, -0.05) is 25.1 Å². The summed E-state index contributed by atoms with van der Waals surface area (Å²) in [7, 11) is 1.67. The number of hydrogen-bond donors (Lipinski definition) is 1. The van der Waals surface area contributed by atoms with Crippen LogP contribution in [0.5, 0.6) is 5.75 Å². The summed E-state index contributed by atoms with van der Waals surface area (Å²) in [5.41, 5.74) is 1.89. The maximum atomic E-state index is 13.2. The summed E-state index contributed by atoms with van der Waals surface area (Å²) >= 11 is 1.54. The summed E-state index contributed by atoms with van der Waals surface area (Å²) in [6.07, 6.45) is 1.97. The Kier molecular flexibility index (Phi) is 5.71. The number of nitrogens with one attached hydrogen (secondary N) is 1. The lowest BCUT2D eigenvalue weighted by molar-refractivity contribution is 0.0635. The smallest absolute Gasteiger partial charge is 0.266 e. The molecule has 134 valence electrons. The molecule has 1 aromatic carbocycles. The number of thiazole rings is 1. The molecule has 0 saturated carbocycles. The van der Waals surface area contributed by atoms with Crippen molar-refractivity contribution in [2.45, 2.75) is 32.7 Å². The van der Waals surface area contributed by atoms with Crippen molar-refractivity contribution >= 4 is 17.2 Å². The molecule has 1 aliphatic heterocycles. The molecular weight excluding hydrogens is 334 g/mol. The number of nitrogens with zero attached hydrogens (tertiary/aromatic N) is 2. The van der Waals surface area contributed by atoms with Crippen LogP contribution in [0.4, 0.5) is 0 Å². The summed E-state index contributed by atoms with van der Waals surface area (Å²) in [6, 6.07) is 7.90. The molecule has 1 fully saturated rings. The number of para-hydroxylation sites is 1. The van der Waals surface area contributed by atoms with Crippen molar-refractivity contribution in [2.75, 3.05) is 26.7 Å². The van der Waals surface area contributed by atoms with Gasteiger partial charge in [-0.2, -0.15) is 0 Å². The Morgan fingerprint density at radius 3 is 3.00 bits per heavy atom. The zero-order valence-corrected chi connectivity index (χ0v) is 15.9. The second-order valence-electron chi connectivity index (χ2n) is 6.23. The zero-order chi connectivity index (χ0) is 17.8. The molecule has 1 N–H and O–H groups in total. The van der Waals surface area contributed by atoms with Crippen LogP contribution in [-0.2, 0) is 6.42 Å². The van der Waals surface area contributed by atoms with Gasteiger partial charge in [-0.05, 0) is 25.8 Å². The average molecular weight is 359 g/mol. The molecule has 0 aliphatic carbocycles. The van der Waals surface area contributed by atoms with Gasteiger partial charge < -0.3 is 15.0 Å². The predicted octanol–water partition coefficient (Wildman–Crippen LogP) is 3.20. The lowest BCUT2D eigenvalue weighted by Gasteiger charge is -2.37. The van der Waals surface area contributed by atoms with E-state index in [1.54, 1.807) is 7.11 Å². The molecule has 0 bridgehead atoms. The lowest BCUT2D eigenvalue weighted by atomic mass is 10.0. The first-order valence-electron chi connectivity index (χ1n) is 8.76. The fourth-order valence-electron chi connectivity index (χ4n) is 3.27. The van der Waals surface area contributed by atoms with Crippen LogP contribution in [0.15, 0.2) is 24.3 Å². The minimum absolute atomic E-state index is 0.0338. The molecule has 3 rings (SSSR count). The molecule has 1 unspecified atom stereocenters. The fraction of sp³-hybridized carbons (Fsp3) is 0.474. The third-order valence-electron chi connectivity index (χ3n) is 4.50. The number of benzene rings is 1. The molecule has 2 heterocycles. The largest absolute Gasteiger partial charge is 0.496 e. The molecule has 0 spiro atoms. The maximum Gasteiger partial charge on any atom is 0.266 e. The Labute approximate surface area is 153 Å². The molecule has 6 heteroatoms. The fourth-order valence-corrected chi connectivity index (χ4v) is 4.39. The van der Waals surface area contributed by atoms with E-state index >= 15 is 0 Å². The third-order valence-corrected chi connectivity index (χ3v) is 5.71. The number of amides is 1. The number of methoxy groups -OCH3 is 1. The first-order chi connectivity index (χ1) is 12.2. The second-order valence-corrected chi connectivity index (χ2v) is 7.32. The van der Waals surface area contributed by atoms with E-state index < -0.39 is 0 Å². The van der Waals surface area contributed by atoms with Crippen LogP contribution < -0.4 is 10.1 Å². The number of hydrogen-bond acceptors (Lipinski definition) is 5. The van der Waals surface area contributed by atoms with Gasteiger partial charge in [-0.25, -0.2) is 4.98 Å². The highest BCUT2D eigenvalue weighted by Gasteiger charge is 2.32. The molecular formula is C19H25N3O2S. The maximum absolute atomic E-state index is 13.2. The summed E-state index contributed by atoms with van der Waals surface area (Å²) in [5.74, 6) is 0.899. The van der Waals surface area contributed by atoms with Gasteiger partial charge in [0.2, 0.25) is 0 Å². The van der Waals surface area contributed by atoms with Gasteiger partial charge in [-0.15, -0.1) is 11.3 Å². The van der Waals surface area contributed by atoms with E-state index in [9.17, 15) is 4.79 Å². The van der Waals surface area contributed by atoms with E-state index in [1.807, 2.05) is 36.1 Å². The standard InChI is InChI=1S/C19H25N3O2S/c1-4-7-17-21-13(2)18(25-17)19(23)22-11-10-20-12-15(22)14-8-5-6-9-16(14)24-3/h5-6,8-9,15,20H,4,7,10-12H2,1-3H3. The van der Waals surface area contributed by atoms with E-state index in [0.29, 0.717) is 6.54 Å². The van der Waals surface area contributed by atoms with E-state index in [1.165, 1.54) is 11.3 Å². The van der Waals surface area contributed by atoms with Gasteiger partial charge in [0.1, 0.15) is 10.6 Å². The van der Waals surface area contributed by atoms with E-state index in [2.05, 4.69) is 17.2 Å². The van der Waals surface area contributed by atoms with Crippen molar-refractivity contribution in [3.05, 3.63) is 45.4 Å². The Morgan fingerprint density at radius 2 is 2.24 bits per heavy atom. The molecule has 25 heavy (non-hydrogen) atoms. The topological polar surface area (TPSA) is 54.5 Å². The number of ether oxygens (including phenoxy) is 1. The lowest BCUT2D eigenvalue weighted by Crippen LogP contribution is -2.48. The Hall–Kier alpha value is -1.92. The predicted molar refractivity (Wildman–Crippen MR) is 100 cm³/mol. The van der Waals surface area contributed by atoms with E-state index in [4.69, 9.17) is 4.74 Å². The molecule has 1 atom stereocenters. The molecule has 1 aromatic heterocycles. The average Bonchev–Trinajstić information content (AvgIpc) is 3.01. The van der Waals surface area contributed by atoms with Gasteiger partial charge in [-0.3, -0.25) is 4.79 Å². The van der Waals surface area contributed by atoms with Gasteiger partial charge in [0.25, 0.3) is 5.91 Å². The van der Waals surface area contributed by atoms with Crippen molar-refractivity contribution in [3.63, 3.8) is 0 Å². The van der Waals surface area contributed by atoms with Gasteiger partial charge in [0.15, 0.2) is 0 Å². The number of aromatic nitrogens is 1. The highest BCUT2D eigenvalue weighted by Crippen LogP contribution is 2.32. The zero-order valence-electron chi connectivity index (χ0n) is 15.0. The molecule has 1 saturated heterocycles. The minimum atomic E-state index is -0.0338. The molecule has 1 aliphatic rings. The third kappa shape index (κ3) is 3.70. The Balaban J connectivity index is 1.92. The summed E-state index contributed by atoms with van der Waals surface area (Å²) in [4.78, 5) is 20.6. The first kappa shape index (κ1) is 17.9. The van der Waals surface area contributed by atoms with Gasteiger partial charge in [0, 0.05) is 25.2 Å². The van der Waals surface area contributed by atoms with Crippen molar-refractivity contribution in [2.24, 2.45) is 0 Å². The Morgan fingerprint density at radius 1 is 1.44 bits per heavy atom. The normalized spacial score (nSPS) is 17.6. The van der Waals surface area contributed by atoms with Crippen molar-refractivity contribution in [1.82, 2.24) is 15.2 Å². The number of rotatable bonds is 5. The first-order valence-corrected chi connectivity index (χ1v) is 9.58. The molecule has 0 radical (unpaired) electrons. The quantitative estimate of drug-likeness (QED) is 0.891. The van der Waals surface area contributed by atoms with Crippen LogP contribution in [0.3, 0.4) is 0 Å². The van der Waals surface area contributed by atoms with Crippen LogP contribution in [0, 0.1) is 6.92 Å². The Bertz CT molecular complexity index is 744. The number of piperazine rings is 1. The van der Waals surface area contributed by atoms with Crippen molar-refractivity contribution in [1.29, 1.82) is 0 Å². The van der Waals surface area contributed by atoms with Crippen LogP contribution in [0.25, 0.3) is 0 Å². The summed E-state index contributed by atoms with van der Waals surface area (Å²) in [6.45, 7) is 6.28. The van der Waals surface area contributed by atoms with Crippen molar-refractivity contribution in [3.8, 4) is 5.75 Å². The minimum Gasteiger partial charge on any atom is -0.496 e. The monoisotopic (exact) mass is 359 g/mol. The second kappa shape index (κ2) is 7.97. The number of aryl methyl sites for hydroxylation is 2. The highest BCUT2D eigenvalue weighted by atomic mass is 32.1. The van der Waals surface area contributed by atoms with E-state index in [0.717, 1.165) is 52.8 Å². The summed E-state index contributed by atoms with van der Waals surface area (Å²) < 4.78 is 5.52.